The lowest BCUT2D eigenvalue weighted by Gasteiger charge is -2.08. The van der Waals surface area contributed by atoms with Crippen LogP contribution in [0.2, 0.25) is 0 Å². The summed E-state index contributed by atoms with van der Waals surface area (Å²) in [5, 5.41) is 4.58. The first-order valence-electron chi connectivity index (χ1n) is 48.8. The quantitative estimate of drug-likeness (QED) is 0.0362. The van der Waals surface area contributed by atoms with Crippen LogP contribution in [0.5, 0.6) is 5.75 Å². The van der Waals surface area contributed by atoms with Gasteiger partial charge in [-0.1, -0.05) is 195 Å². The Hall–Kier alpha value is -16.0. The maximum atomic E-state index is 5.84. The summed E-state index contributed by atoms with van der Waals surface area (Å²) < 4.78 is 5.84. The van der Waals surface area contributed by atoms with E-state index in [2.05, 4.69) is 237 Å². The minimum absolute atomic E-state index is 0.775. The van der Waals surface area contributed by atoms with Crippen LogP contribution in [-0.4, -0.2) is 91.3 Å². The third kappa shape index (κ3) is 32.6. The van der Waals surface area contributed by atoms with Crippen molar-refractivity contribution in [3.63, 3.8) is 0 Å². The Balaban J connectivity index is 0.000000136. The average molecular weight is 1850 g/mol. The van der Waals surface area contributed by atoms with Gasteiger partial charge < -0.3 is 4.74 Å². The normalized spacial score (nSPS) is 10.6. The molecule has 704 valence electrons. The summed E-state index contributed by atoms with van der Waals surface area (Å²) in [5.41, 5.74) is 29.5. The van der Waals surface area contributed by atoms with Gasteiger partial charge in [-0.05, 0) is 308 Å². The third-order valence-electron chi connectivity index (χ3n) is 22.8. The lowest BCUT2D eigenvalue weighted by atomic mass is 10.0. The predicted octanol–water partition coefficient (Wildman–Crippen LogP) is 30.3. The molecule has 0 fully saturated rings. The first-order chi connectivity index (χ1) is 68.7. The van der Waals surface area contributed by atoms with E-state index in [0.29, 0.717) is 0 Å². The number of nitrogens with zero attached hydrogens (tertiary/aromatic N) is 17. The van der Waals surface area contributed by atoms with Crippen LogP contribution in [0.25, 0.3) is 135 Å². The monoisotopic (exact) mass is 1840 g/mol. The first kappa shape index (κ1) is 101. The zero-order valence-corrected chi connectivity index (χ0v) is 82.3. The van der Waals surface area contributed by atoms with Gasteiger partial charge in [-0.25, -0.2) is 15.0 Å². The molecule has 18 nitrogen and oxygen atoms in total. The molecule has 0 unspecified atom stereocenters. The topological polar surface area (TPSA) is 228 Å². The van der Waals surface area contributed by atoms with Crippen LogP contribution in [0.15, 0.2) is 372 Å². The molecule has 17 heterocycles. The van der Waals surface area contributed by atoms with Crippen LogP contribution in [0.1, 0.15) is 161 Å². The van der Waals surface area contributed by atoms with Crippen LogP contribution in [-0.2, 0) is 12.8 Å². The summed E-state index contributed by atoms with van der Waals surface area (Å²) in [6.45, 7) is 21.9. The average Bonchev–Trinajstić information content (AvgIpc) is 0.794. The number of hydrogen-bond acceptors (Lipinski definition) is 18. The van der Waals surface area contributed by atoms with Crippen molar-refractivity contribution in [2.45, 2.75) is 172 Å². The van der Waals surface area contributed by atoms with Crippen molar-refractivity contribution in [1.29, 1.82) is 0 Å². The molecule has 20 aromatic rings. The highest BCUT2D eigenvalue weighted by atomic mass is 16.5. The number of aryl methyl sites for hydroxylation is 9. The van der Waals surface area contributed by atoms with Crippen molar-refractivity contribution >= 4 is 43.6 Å². The van der Waals surface area contributed by atoms with Crippen LogP contribution < -0.4 is 4.74 Å². The summed E-state index contributed by atoms with van der Waals surface area (Å²) in [5.74, 6) is 0.877. The number of para-hydroxylation sites is 2. The molecule has 140 heavy (non-hydrogen) atoms. The second kappa shape index (κ2) is 55.3. The van der Waals surface area contributed by atoms with Crippen molar-refractivity contribution in [3.05, 3.63) is 422 Å². The van der Waals surface area contributed by atoms with Crippen molar-refractivity contribution in [3.8, 4) is 96.9 Å². The lowest BCUT2D eigenvalue weighted by Crippen LogP contribution is -1.98. The molecule has 0 radical (unpaired) electrons. The highest BCUT2D eigenvalue weighted by molar-refractivity contribution is 6.02. The number of hydrogen-bond donors (Lipinski definition) is 0. The maximum Gasteiger partial charge on any atom is 0.123 e. The Morgan fingerprint density at radius 2 is 0.507 bits per heavy atom. The number of rotatable bonds is 26. The van der Waals surface area contributed by atoms with E-state index in [1.807, 2.05) is 245 Å². The van der Waals surface area contributed by atoms with Crippen molar-refractivity contribution in [1.82, 2.24) is 84.7 Å². The largest absolute Gasteiger partial charge is 0.493 e. The molecule has 0 aliphatic carbocycles. The fourth-order valence-corrected chi connectivity index (χ4v) is 15.6. The molecule has 0 amide bonds. The van der Waals surface area contributed by atoms with E-state index in [1.165, 1.54) is 122 Å². The van der Waals surface area contributed by atoms with Gasteiger partial charge in [-0.15, -0.1) is 0 Å². The van der Waals surface area contributed by atoms with Gasteiger partial charge in [0, 0.05) is 113 Å². The Morgan fingerprint density at radius 3 is 0.907 bits per heavy atom. The molecule has 0 saturated heterocycles. The number of fused-ring (bicyclic) bond motifs is 5. The number of pyridine rings is 17. The Bertz CT molecular complexity index is 6770. The van der Waals surface area contributed by atoms with Crippen LogP contribution >= 0.6 is 0 Å². The van der Waals surface area contributed by atoms with E-state index >= 15 is 0 Å². The molecule has 18 heteroatoms. The van der Waals surface area contributed by atoms with E-state index in [9.17, 15) is 0 Å². The van der Waals surface area contributed by atoms with Crippen LogP contribution in [0.4, 0.5) is 0 Å². The summed E-state index contributed by atoms with van der Waals surface area (Å²) in [6.07, 6.45) is 42.1. The molecule has 0 saturated carbocycles. The van der Waals surface area contributed by atoms with E-state index < -0.39 is 0 Å². The van der Waals surface area contributed by atoms with E-state index in [4.69, 9.17) is 4.74 Å². The van der Waals surface area contributed by atoms with Gasteiger partial charge in [0.2, 0.25) is 0 Å². The minimum Gasteiger partial charge on any atom is -0.493 e. The first-order valence-corrected chi connectivity index (χ1v) is 48.8. The molecule has 0 bridgehead atoms. The highest BCUT2D eigenvalue weighted by Crippen LogP contribution is 2.29. The fourth-order valence-electron chi connectivity index (χ4n) is 15.6. The van der Waals surface area contributed by atoms with Gasteiger partial charge in [0.25, 0.3) is 0 Å². The number of aromatic nitrogens is 17. The maximum absolute atomic E-state index is 5.84. The molecule has 0 N–H and O–H groups in total. The third-order valence-corrected chi connectivity index (χ3v) is 22.8. The van der Waals surface area contributed by atoms with Gasteiger partial charge in [0.05, 0.1) is 120 Å². The Morgan fingerprint density at radius 1 is 0.193 bits per heavy atom. The molecule has 0 aliphatic heterocycles. The summed E-state index contributed by atoms with van der Waals surface area (Å²) in [6, 6.07) is 98.7. The highest BCUT2D eigenvalue weighted by Gasteiger charge is 2.12. The zero-order chi connectivity index (χ0) is 97.5. The van der Waals surface area contributed by atoms with Gasteiger partial charge in [-0.3, -0.25) is 69.8 Å². The molecular formula is C122H125N17O. The Labute approximate surface area is 825 Å². The van der Waals surface area contributed by atoms with Gasteiger partial charge in [0.15, 0.2) is 0 Å². The van der Waals surface area contributed by atoms with E-state index in [0.717, 1.165) is 178 Å². The lowest BCUT2D eigenvalue weighted by molar-refractivity contribution is 0.304. The summed E-state index contributed by atoms with van der Waals surface area (Å²) >= 11 is 0. The Kier molecular flexibility index (Phi) is 40.1. The number of benzene rings is 3. The van der Waals surface area contributed by atoms with Crippen molar-refractivity contribution in [2.75, 3.05) is 6.61 Å². The van der Waals surface area contributed by atoms with Crippen LogP contribution in [0, 0.1) is 48.5 Å². The van der Waals surface area contributed by atoms with Gasteiger partial charge >= 0.3 is 0 Å². The van der Waals surface area contributed by atoms with Gasteiger partial charge in [-0.2, -0.15) is 0 Å². The number of ether oxygens (including phenoxy) is 1. The molecule has 20 rings (SSSR count). The second-order valence-electron chi connectivity index (χ2n) is 34.5. The fraction of sp³-hybridized carbons (Fsp3) is 0.221. The number of unbranched alkanes of at least 4 members (excludes halogenated alkanes) is 11. The van der Waals surface area contributed by atoms with Crippen LogP contribution in [0.3, 0.4) is 0 Å². The standard InChI is InChI=1S/C22H32N2.C19H26N2O.C18H12N2.C15H11N3.C14H16N2.C12H8N2.C12H12N2.C10H8N2/c1-3-5-7-9-11-19-13-15-23-21(17-19)22-18-20(14-16-24-22)12-10-8-6-4-2;1-3-4-5-6-7-8-13-22-17-10-12-21-19(15-17)18-14-16(2)9-11-20-18;1-3-7-15-13(5-1)9-11-17(19-15)18-12-10-14-6-2-4-8-16(14)20-18;1-3-10-16-12(6-1)14-8-5-9-15(18-14)13-7-2-4-11-17-13;1-9-5-11(3)15-13(7-9)14-8-10(2)6-12(4)16-14;1-3-9-5-6-10-4-2-8-14-12(10)11(9)13-7-1;1-9-3-5-13-11(7-9)12-8-10(2)4-6-14-12;1-3-7-11-9(5-1)10-6-2-4-8-12-10/h13-18H,3-12H2,1-2H3;9-12,14-15H,3-8,13H2,1-2H3;1-12H;1-11H;5-8H,1-4H3;1-8H;3-8H,1-2H3;1-8H. The summed E-state index contributed by atoms with van der Waals surface area (Å²) in [7, 11) is 0. The van der Waals surface area contributed by atoms with E-state index in [1.54, 1.807) is 43.4 Å². The van der Waals surface area contributed by atoms with Crippen molar-refractivity contribution in [2.24, 2.45) is 0 Å². The molecule has 17 aromatic heterocycles. The smallest absolute Gasteiger partial charge is 0.123 e. The molecule has 0 aliphatic rings. The zero-order valence-electron chi connectivity index (χ0n) is 82.3. The molecular weight excluding hydrogens is 1720 g/mol. The molecule has 0 spiro atoms. The minimum atomic E-state index is 0.775. The molecule has 3 aromatic carbocycles. The van der Waals surface area contributed by atoms with Crippen molar-refractivity contribution < 1.29 is 4.74 Å². The SMILES string of the molecule is CCCCCCCCOc1ccnc(-c2cc(C)ccn2)c1.CCCCCCc1ccnc(-c2cc(CCCCCC)ccn2)c1.Cc1cc(C)nc(-c2cc(C)cc(C)n2)c1.Cc1ccnc(-c2cc(C)ccn2)c1.c1ccc(-c2cccc(-c3ccccn3)n2)nc1.c1ccc(-c2ccccn2)nc1.c1ccc2nc(-c3ccc4ccccc4n3)ccc2c1.c1cnc2c(c1)ccc1cccnc12. The van der Waals surface area contributed by atoms with E-state index in [-0.39, 0.29) is 0 Å². The van der Waals surface area contributed by atoms with Gasteiger partial charge in [0.1, 0.15) is 5.75 Å². The molecule has 0 atom stereocenters. The summed E-state index contributed by atoms with van der Waals surface area (Å²) in [4.78, 5) is 75.1. The predicted molar refractivity (Wildman–Crippen MR) is 575 cm³/mol. The second-order valence-corrected chi connectivity index (χ2v) is 34.5.